The molecule has 0 spiro atoms. The Kier molecular flexibility index (Phi) is 7.21. The fraction of sp³-hybridized carbons (Fsp3) is 0.500. The molecular weight excluding hydrogens is 338 g/mol. The molecule has 0 aliphatic carbocycles. The Balaban J connectivity index is 0.00000220. The van der Waals surface area contributed by atoms with Gasteiger partial charge in [-0.25, -0.2) is 4.39 Å². The Morgan fingerprint density at radius 3 is 2.76 bits per heavy atom. The summed E-state index contributed by atoms with van der Waals surface area (Å²) in [6.07, 6.45) is 2.92. The number of nitrogens with one attached hydrogen (secondary N) is 2. The van der Waals surface area contributed by atoms with Crippen molar-refractivity contribution in [2.24, 2.45) is 0 Å². The predicted molar refractivity (Wildman–Crippen MR) is 85.9 cm³/mol. The monoisotopic (exact) mass is 354 g/mol. The number of carbonyl (C=O) groups is 1. The zero-order valence-electron chi connectivity index (χ0n) is 11.6. The van der Waals surface area contributed by atoms with Gasteiger partial charge in [0.1, 0.15) is 5.82 Å². The number of halogens is 4. The van der Waals surface area contributed by atoms with Crippen molar-refractivity contribution in [3.05, 3.63) is 33.6 Å². The van der Waals surface area contributed by atoms with Crippen molar-refractivity contribution in [2.45, 2.75) is 38.3 Å². The molecule has 0 aromatic heterocycles. The van der Waals surface area contributed by atoms with E-state index in [1.54, 1.807) is 6.92 Å². The van der Waals surface area contributed by atoms with Gasteiger partial charge in [0.15, 0.2) is 0 Å². The number of hydrogen-bond acceptors (Lipinski definition) is 2. The largest absolute Gasteiger partial charge is 0.348 e. The highest BCUT2D eigenvalue weighted by Crippen LogP contribution is 2.32. The van der Waals surface area contributed by atoms with Crippen molar-refractivity contribution in [1.29, 1.82) is 0 Å². The summed E-state index contributed by atoms with van der Waals surface area (Å²) < 4.78 is 13.5. The van der Waals surface area contributed by atoms with Crippen LogP contribution in [0.3, 0.4) is 0 Å². The lowest BCUT2D eigenvalue weighted by Gasteiger charge is -2.25. The molecule has 2 N–H and O–H groups in total. The first-order valence-electron chi connectivity index (χ1n) is 6.68. The van der Waals surface area contributed by atoms with Crippen LogP contribution >= 0.6 is 35.6 Å². The van der Waals surface area contributed by atoms with Crippen molar-refractivity contribution in [3.8, 4) is 0 Å². The molecule has 1 aliphatic heterocycles. The average Bonchev–Trinajstić information content (AvgIpc) is 2.44. The Morgan fingerprint density at radius 1 is 1.43 bits per heavy atom. The van der Waals surface area contributed by atoms with Crippen LogP contribution in [-0.4, -0.2) is 18.5 Å². The lowest BCUT2D eigenvalue weighted by Crippen LogP contribution is -2.47. The maximum Gasteiger partial charge on any atom is 0.237 e. The van der Waals surface area contributed by atoms with E-state index in [1.807, 2.05) is 0 Å². The van der Waals surface area contributed by atoms with Gasteiger partial charge in [0.2, 0.25) is 5.91 Å². The third-order valence-corrected chi connectivity index (χ3v) is 4.21. The topological polar surface area (TPSA) is 41.1 Å². The zero-order valence-corrected chi connectivity index (χ0v) is 13.9. The molecule has 21 heavy (non-hydrogen) atoms. The van der Waals surface area contributed by atoms with Gasteiger partial charge in [-0.15, -0.1) is 12.4 Å². The van der Waals surface area contributed by atoms with E-state index in [2.05, 4.69) is 10.6 Å². The van der Waals surface area contributed by atoms with E-state index in [1.165, 1.54) is 12.1 Å². The van der Waals surface area contributed by atoms with E-state index in [0.717, 1.165) is 25.8 Å². The van der Waals surface area contributed by atoms with E-state index in [9.17, 15) is 9.18 Å². The van der Waals surface area contributed by atoms with Crippen LogP contribution in [0.1, 0.15) is 37.8 Å². The van der Waals surface area contributed by atoms with E-state index < -0.39 is 11.9 Å². The summed E-state index contributed by atoms with van der Waals surface area (Å²) in [6.45, 7) is 2.58. The minimum Gasteiger partial charge on any atom is -0.348 e. The molecule has 118 valence electrons. The van der Waals surface area contributed by atoms with Crippen molar-refractivity contribution >= 4 is 41.5 Å². The number of rotatable bonds is 3. The van der Waals surface area contributed by atoms with Crippen molar-refractivity contribution in [3.63, 3.8) is 0 Å². The SMILES string of the molecule is CC(NC(=O)C1CCCCN1)c1c(Cl)ccc(F)c1Cl.Cl. The second-order valence-corrected chi connectivity index (χ2v) is 5.77. The molecule has 1 amide bonds. The van der Waals surface area contributed by atoms with Gasteiger partial charge in [0, 0.05) is 10.6 Å². The first-order chi connectivity index (χ1) is 9.50. The molecule has 2 atom stereocenters. The number of benzene rings is 1. The molecule has 3 nitrogen and oxygen atoms in total. The molecule has 0 radical (unpaired) electrons. The smallest absolute Gasteiger partial charge is 0.237 e. The minimum atomic E-state index is -0.539. The van der Waals surface area contributed by atoms with Gasteiger partial charge in [-0.2, -0.15) is 0 Å². The highest BCUT2D eigenvalue weighted by molar-refractivity contribution is 6.36. The van der Waals surface area contributed by atoms with Gasteiger partial charge in [-0.3, -0.25) is 4.79 Å². The normalized spacial score (nSPS) is 19.5. The second-order valence-electron chi connectivity index (χ2n) is 4.99. The van der Waals surface area contributed by atoms with Crippen LogP contribution < -0.4 is 10.6 Å². The molecule has 1 heterocycles. The summed E-state index contributed by atoms with van der Waals surface area (Å²) >= 11 is 12.0. The Hall–Kier alpha value is -0.550. The highest BCUT2D eigenvalue weighted by atomic mass is 35.5. The van der Waals surface area contributed by atoms with Crippen molar-refractivity contribution in [1.82, 2.24) is 10.6 Å². The Bertz CT molecular complexity index is 507. The molecule has 1 aromatic rings. The summed E-state index contributed by atoms with van der Waals surface area (Å²) in [5.74, 6) is -0.642. The van der Waals surface area contributed by atoms with E-state index in [4.69, 9.17) is 23.2 Å². The number of amides is 1. The Morgan fingerprint density at radius 2 is 2.14 bits per heavy atom. The molecular formula is C14H18Cl3FN2O. The molecule has 1 aliphatic rings. The summed E-state index contributed by atoms with van der Waals surface area (Å²) in [7, 11) is 0. The standard InChI is InChI=1S/C14H17Cl2FN2O.ClH/c1-8(12-9(15)5-6-10(17)13(12)16)19-14(20)11-4-2-3-7-18-11;/h5-6,8,11,18H,2-4,7H2,1H3,(H,19,20);1H. The number of hydrogen-bond donors (Lipinski definition) is 2. The molecule has 1 fully saturated rings. The fourth-order valence-corrected chi connectivity index (χ4v) is 3.10. The Labute approximate surface area is 140 Å². The van der Waals surface area contributed by atoms with Gasteiger partial charge in [0.05, 0.1) is 17.1 Å². The van der Waals surface area contributed by atoms with Crippen LogP contribution in [-0.2, 0) is 4.79 Å². The maximum atomic E-state index is 13.5. The molecule has 0 saturated carbocycles. The maximum absolute atomic E-state index is 13.5. The molecule has 0 bridgehead atoms. The molecule has 1 aromatic carbocycles. The van der Waals surface area contributed by atoms with Crippen molar-refractivity contribution < 1.29 is 9.18 Å². The fourth-order valence-electron chi connectivity index (χ4n) is 2.40. The highest BCUT2D eigenvalue weighted by Gasteiger charge is 2.24. The minimum absolute atomic E-state index is 0. The van der Waals surface area contributed by atoms with E-state index in [0.29, 0.717) is 10.6 Å². The average molecular weight is 356 g/mol. The summed E-state index contributed by atoms with van der Waals surface area (Å²) in [5, 5.41) is 6.31. The first kappa shape index (κ1) is 18.5. The van der Waals surface area contributed by atoms with Crippen LogP contribution in [0.15, 0.2) is 12.1 Å². The lowest BCUT2D eigenvalue weighted by molar-refractivity contribution is -0.124. The lowest BCUT2D eigenvalue weighted by atomic mass is 10.0. The van der Waals surface area contributed by atoms with Crippen LogP contribution in [0.2, 0.25) is 10.0 Å². The summed E-state index contributed by atoms with van der Waals surface area (Å²) in [5.41, 5.74) is 0.414. The third-order valence-electron chi connectivity index (χ3n) is 3.50. The molecule has 2 rings (SSSR count). The third kappa shape index (κ3) is 4.46. The van der Waals surface area contributed by atoms with Gasteiger partial charge >= 0.3 is 0 Å². The van der Waals surface area contributed by atoms with Crippen molar-refractivity contribution in [2.75, 3.05) is 6.54 Å². The van der Waals surface area contributed by atoms with Crippen LogP contribution in [0.4, 0.5) is 4.39 Å². The van der Waals surface area contributed by atoms with Crippen LogP contribution in [0.5, 0.6) is 0 Å². The predicted octanol–water partition coefficient (Wildman–Crippen LogP) is 3.87. The van der Waals surface area contributed by atoms with Gasteiger partial charge < -0.3 is 10.6 Å². The van der Waals surface area contributed by atoms with Gasteiger partial charge in [-0.1, -0.05) is 29.6 Å². The number of carbonyl (C=O) groups excluding carboxylic acids is 1. The van der Waals surface area contributed by atoms with Gasteiger partial charge in [0.25, 0.3) is 0 Å². The van der Waals surface area contributed by atoms with Crippen LogP contribution in [0, 0.1) is 5.82 Å². The molecule has 2 unspecified atom stereocenters. The van der Waals surface area contributed by atoms with E-state index >= 15 is 0 Å². The molecule has 7 heteroatoms. The summed E-state index contributed by atoms with van der Waals surface area (Å²) in [4.78, 5) is 12.1. The molecule has 1 saturated heterocycles. The second kappa shape index (κ2) is 8.18. The number of piperidine rings is 1. The zero-order chi connectivity index (χ0) is 14.7. The van der Waals surface area contributed by atoms with Gasteiger partial charge in [-0.05, 0) is 38.4 Å². The van der Waals surface area contributed by atoms with Crippen LogP contribution in [0.25, 0.3) is 0 Å². The summed E-state index contributed by atoms with van der Waals surface area (Å²) in [6, 6.07) is 2.02. The van der Waals surface area contributed by atoms with E-state index in [-0.39, 0.29) is 29.4 Å². The first-order valence-corrected chi connectivity index (χ1v) is 7.43. The quantitative estimate of drug-likeness (QED) is 0.808.